The maximum Gasteiger partial charge on any atom is 0.00992 e. The lowest BCUT2D eigenvalue weighted by Gasteiger charge is -2.05. The summed E-state index contributed by atoms with van der Waals surface area (Å²) in [6, 6.07) is 15.6. The molecule has 2 aromatic carbocycles. The maximum absolute atomic E-state index is 2.32. The van der Waals surface area contributed by atoms with Gasteiger partial charge in [-0.15, -0.1) is 0 Å². The van der Waals surface area contributed by atoms with Crippen LogP contribution in [0.1, 0.15) is 11.1 Å². The van der Waals surface area contributed by atoms with Crippen LogP contribution in [-0.4, -0.2) is 0 Å². The highest BCUT2D eigenvalue weighted by Gasteiger charge is 2.00. The standard InChI is InChI=1S/C15H13P/c1-10-7-13-9-12-5-3-4-6-14(12)16-15(13)8-11(10)2/h3-9H,1-2H3. The first-order valence-corrected chi connectivity index (χ1v) is 6.40. The van der Waals surface area contributed by atoms with E-state index in [1.807, 2.05) is 0 Å². The highest BCUT2D eigenvalue weighted by Crippen LogP contribution is 2.33. The van der Waals surface area contributed by atoms with Crippen molar-refractivity contribution in [3.05, 3.63) is 53.6 Å². The van der Waals surface area contributed by atoms with E-state index in [1.54, 1.807) is 0 Å². The minimum atomic E-state index is 1.34. The van der Waals surface area contributed by atoms with Crippen molar-refractivity contribution in [2.45, 2.75) is 13.8 Å². The Morgan fingerprint density at radius 3 is 2.38 bits per heavy atom. The zero-order valence-electron chi connectivity index (χ0n) is 9.49. The molecule has 1 heterocycles. The predicted octanol–water partition coefficient (Wildman–Crippen LogP) is 5.19. The molecule has 1 aromatic heterocycles. The lowest BCUT2D eigenvalue weighted by Crippen LogP contribution is -1.80. The van der Waals surface area contributed by atoms with Crippen LogP contribution in [0.3, 0.4) is 0 Å². The van der Waals surface area contributed by atoms with E-state index in [2.05, 4.69) is 56.3 Å². The van der Waals surface area contributed by atoms with Gasteiger partial charge in [0.1, 0.15) is 0 Å². The molecule has 16 heavy (non-hydrogen) atoms. The molecule has 0 spiro atoms. The summed E-state index contributed by atoms with van der Waals surface area (Å²) >= 11 is 0. The fourth-order valence-electron chi connectivity index (χ4n) is 2.04. The molecule has 0 atom stereocenters. The average Bonchev–Trinajstić information content (AvgIpc) is 2.28. The molecular weight excluding hydrogens is 211 g/mol. The van der Waals surface area contributed by atoms with Gasteiger partial charge < -0.3 is 0 Å². The maximum atomic E-state index is 2.32. The summed E-state index contributed by atoms with van der Waals surface area (Å²) in [5.74, 6) is 0. The molecule has 0 fully saturated rings. The second-order valence-corrected chi connectivity index (χ2v) is 5.50. The minimum Gasteiger partial charge on any atom is -0.0616 e. The number of benzene rings is 2. The van der Waals surface area contributed by atoms with Crippen molar-refractivity contribution in [3.63, 3.8) is 0 Å². The van der Waals surface area contributed by atoms with Crippen LogP contribution in [0.15, 0.2) is 42.5 Å². The SMILES string of the molecule is Cc1cc2cc3ccccc3pc2cc1C. The Kier molecular flexibility index (Phi) is 2.19. The van der Waals surface area contributed by atoms with Gasteiger partial charge in [-0.3, -0.25) is 0 Å². The number of hydrogen-bond donors (Lipinski definition) is 0. The second-order valence-electron chi connectivity index (χ2n) is 4.31. The van der Waals surface area contributed by atoms with Gasteiger partial charge in [0.05, 0.1) is 0 Å². The normalized spacial score (nSPS) is 11.6. The van der Waals surface area contributed by atoms with Gasteiger partial charge >= 0.3 is 0 Å². The fraction of sp³-hybridized carbons (Fsp3) is 0.133. The predicted molar refractivity (Wildman–Crippen MR) is 73.4 cm³/mol. The average molecular weight is 224 g/mol. The summed E-state index contributed by atoms with van der Waals surface area (Å²) in [6.07, 6.45) is 0. The van der Waals surface area contributed by atoms with Crippen LogP contribution in [-0.2, 0) is 0 Å². The topological polar surface area (TPSA) is 0 Å². The zero-order valence-corrected chi connectivity index (χ0v) is 10.4. The van der Waals surface area contributed by atoms with Crippen molar-refractivity contribution in [3.8, 4) is 0 Å². The third kappa shape index (κ3) is 1.50. The van der Waals surface area contributed by atoms with Crippen molar-refractivity contribution < 1.29 is 0 Å². The summed E-state index contributed by atoms with van der Waals surface area (Å²) in [5.41, 5.74) is 2.77. The van der Waals surface area contributed by atoms with E-state index in [0.29, 0.717) is 0 Å². The van der Waals surface area contributed by atoms with Crippen molar-refractivity contribution in [1.82, 2.24) is 0 Å². The molecule has 0 N–H and O–H groups in total. The molecule has 78 valence electrons. The molecule has 0 nitrogen and oxygen atoms in total. The number of rotatable bonds is 0. The summed E-state index contributed by atoms with van der Waals surface area (Å²) in [5, 5.41) is 5.59. The van der Waals surface area contributed by atoms with E-state index in [4.69, 9.17) is 0 Å². The van der Waals surface area contributed by atoms with Crippen molar-refractivity contribution >= 4 is 29.2 Å². The van der Waals surface area contributed by atoms with E-state index in [9.17, 15) is 0 Å². The molecule has 0 aliphatic heterocycles. The number of hydrogen-bond acceptors (Lipinski definition) is 0. The van der Waals surface area contributed by atoms with Gasteiger partial charge in [0.25, 0.3) is 0 Å². The lowest BCUT2D eigenvalue weighted by atomic mass is 10.1. The molecule has 0 radical (unpaired) electrons. The van der Waals surface area contributed by atoms with Gasteiger partial charge in [-0.1, -0.05) is 32.5 Å². The van der Waals surface area contributed by atoms with E-state index >= 15 is 0 Å². The van der Waals surface area contributed by atoms with Crippen LogP contribution in [0.25, 0.3) is 21.0 Å². The van der Waals surface area contributed by atoms with E-state index < -0.39 is 0 Å². The summed E-state index contributed by atoms with van der Waals surface area (Å²) in [4.78, 5) is 0. The lowest BCUT2D eigenvalue weighted by molar-refractivity contribution is 1.37. The van der Waals surface area contributed by atoms with Crippen LogP contribution in [0, 0.1) is 13.8 Å². The van der Waals surface area contributed by atoms with Crippen LogP contribution in [0.2, 0.25) is 0 Å². The monoisotopic (exact) mass is 224 g/mol. The molecule has 0 bridgehead atoms. The number of fused-ring (bicyclic) bond motifs is 2. The minimum absolute atomic E-state index is 1.34. The summed E-state index contributed by atoms with van der Waals surface area (Å²) in [7, 11) is 1.34. The Bertz CT molecular complexity index is 623. The smallest absolute Gasteiger partial charge is 0.00992 e. The highest BCUT2D eigenvalue weighted by molar-refractivity contribution is 7.43. The van der Waals surface area contributed by atoms with Crippen LogP contribution in [0.4, 0.5) is 0 Å². The van der Waals surface area contributed by atoms with E-state index in [-0.39, 0.29) is 0 Å². The van der Waals surface area contributed by atoms with Gasteiger partial charge in [-0.05, 0) is 53.9 Å². The Morgan fingerprint density at radius 2 is 1.50 bits per heavy atom. The third-order valence-electron chi connectivity index (χ3n) is 3.13. The molecule has 0 aliphatic carbocycles. The quantitative estimate of drug-likeness (QED) is 0.461. The Labute approximate surface area is 97.0 Å². The molecular formula is C15H13P. The molecule has 0 saturated carbocycles. The van der Waals surface area contributed by atoms with Crippen molar-refractivity contribution in [2.75, 3.05) is 0 Å². The first-order valence-electron chi connectivity index (χ1n) is 5.51. The molecule has 0 amide bonds. The van der Waals surface area contributed by atoms with Crippen molar-refractivity contribution in [1.29, 1.82) is 0 Å². The molecule has 0 aliphatic rings. The fourth-order valence-corrected chi connectivity index (χ4v) is 3.25. The van der Waals surface area contributed by atoms with Gasteiger partial charge in [-0.25, -0.2) is 0 Å². The summed E-state index contributed by atoms with van der Waals surface area (Å²) < 4.78 is 0. The molecule has 3 rings (SSSR count). The first-order chi connectivity index (χ1) is 7.74. The molecule has 0 unspecified atom stereocenters. The van der Waals surface area contributed by atoms with Gasteiger partial charge in [-0.2, -0.15) is 0 Å². The van der Waals surface area contributed by atoms with Crippen LogP contribution < -0.4 is 0 Å². The number of aryl methyl sites for hydroxylation is 2. The van der Waals surface area contributed by atoms with Crippen molar-refractivity contribution in [2.24, 2.45) is 0 Å². The Hall–Kier alpha value is -1.39. The van der Waals surface area contributed by atoms with E-state index in [0.717, 1.165) is 0 Å². The van der Waals surface area contributed by atoms with Crippen LogP contribution >= 0.6 is 8.19 Å². The Balaban J connectivity index is 2.46. The zero-order chi connectivity index (χ0) is 11.1. The second kappa shape index (κ2) is 3.57. The molecule has 3 aromatic rings. The van der Waals surface area contributed by atoms with Gasteiger partial charge in [0.15, 0.2) is 0 Å². The largest absolute Gasteiger partial charge is 0.0616 e. The van der Waals surface area contributed by atoms with Gasteiger partial charge in [0, 0.05) is 10.2 Å². The van der Waals surface area contributed by atoms with Gasteiger partial charge in [0.2, 0.25) is 0 Å². The van der Waals surface area contributed by atoms with E-state index in [1.165, 1.54) is 40.3 Å². The molecule has 1 heteroatoms. The first kappa shape index (κ1) is 9.81. The third-order valence-corrected chi connectivity index (χ3v) is 4.41. The Morgan fingerprint density at radius 1 is 0.750 bits per heavy atom. The highest BCUT2D eigenvalue weighted by atomic mass is 31.0. The molecule has 0 saturated heterocycles. The summed E-state index contributed by atoms with van der Waals surface area (Å²) in [6.45, 7) is 4.37. The van der Waals surface area contributed by atoms with Crippen LogP contribution in [0.5, 0.6) is 0 Å².